The van der Waals surface area contributed by atoms with Crippen LogP contribution in [0.2, 0.25) is 5.02 Å². The zero-order valence-electron chi connectivity index (χ0n) is 17.2. The normalized spacial score (nSPS) is 30.9. The zero-order chi connectivity index (χ0) is 22.2. The Morgan fingerprint density at radius 1 is 1.19 bits per heavy atom. The maximum absolute atomic E-state index is 13.4. The highest BCUT2D eigenvalue weighted by Gasteiger charge is 2.69. The minimum atomic E-state index is -0.604. The minimum Gasteiger partial charge on any atom is -0.484 e. The van der Waals surface area contributed by atoms with E-state index in [9.17, 15) is 18.8 Å². The Morgan fingerprint density at radius 3 is 2.58 bits per heavy atom. The Labute approximate surface area is 184 Å². The minimum absolute atomic E-state index is 0.00734. The summed E-state index contributed by atoms with van der Waals surface area (Å²) < 4.78 is 18.8. The van der Waals surface area contributed by atoms with Crippen molar-refractivity contribution in [3.05, 3.63) is 29.0 Å². The molecule has 1 aliphatic heterocycles. The van der Waals surface area contributed by atoms with E-state index in [0.717, 1.165) is 25.3 Å². The van der Waals surface area contributed by atoms with Crippen LogP contribution in [0.25, 0.3) is 0 Å². The first-order chi connectivity index (χ1) is 14.7. The fourth-order valence-electron chi connectivity index (χ4n) is 4.95. The maximum atomic E-state index is 13.4. The van der Waals surface area contributed by atoms with E-state index in [1.54, 1.807) is 0 Å². The molecule has 2 bridgehead atoms. The molecule has 168 valence electrons. The van der Waals surface area contributed by atoms with Crippen molar-refractivity contribution in [2.75, 3.05) is 6.61 Å². The van der Waals surface area contributed by atoms with Gasteiger partial charge in [0, 0.05) is 24.1 Å². The lowest BCUT2D eigenvalue weighted by Crippen LogP contribution is -2.84. The molecule has 3 amide bonds. The second-order valence-corrected chi connectivity index (χ2v) is 9.30. The van der Waals surface area contributed by atoms with Crippen molar-refractivity contribution in [3.63, 3.8) is 0 Å². The topological polar surface area (TPSA) is 109 Å². The standard InChI is InChI=1S/C21H26ClFN4O4/c1-12(28)24-17-4-2-3-16(25-17)19(30)27-21-9-20(10-21,11-21)26-18(29)8-31-13-5-6-14(22)15(23)7-13/h5-7,16-17,25H,2-4,8-11H2,1H3,(H,24,28)(H,26,29)(H,27,30). The molecule has 2 atom stereocenters. The summed E-state index contributed by atoms with van der Waals surface area (Å²) in [5.41, 5.74) is -0.579. The van der Waals surface area contributed by atoms with Gasteiger partial charge in [-0.3, -0.25) is 19.7 Å². The molecular formula is C21H26ClFN4O4. The fourth-order valence-corrected chi connectivity index (χ4v) is 5.07. The first kappa shape index (κ1) is 21.8. The van der Waals surface area contributed by atoms with E-state index < -0.39 is 5.82 Å². The van der Waals surface area contributed by atoms with Gasteiger partial charge in [-0.15, -0.1) is 0 Å². The van der Waals surface area contributed by atoms with E-state index in [-0.39, 0.29) is 58.4 Å². The van der Waals surface area contributed by atoms with Crippen LogP contribution in [-0.2, 0) is 14.4 Å². The number of amides is 3. The first-order valence-corrected chi connectivity index (χ1v) is 10.8. The highest BCUT2D eigenvalue weighted by Crippen LogP contribution is 2.60. The maximum Gasteiger partial charge on any atom is 0.258 e. The molecule has 0 aromatic heterocycles. The molecule has 5 rings (SSSR count). The molecule has 1 aromatic rings. The molecule has 1 heterocycles. The van der Waals surface area contributed by atoms with Crippen molar-refractivity contribution in [3.8, 4) is 5.75 Å². The van der Waals surface area contributed by atoms with Gasteiger partial charge in [0.05, 0.1) is 17.2 Å². The number of hydrogen-bond acceptors (Lipinski definition) is 5. The molecule has 4 N–H and O–H groups in total. The number of nitrogens with one attached hydrogen (secondary N) is 4. The third-order valence-electron chi connectivity index (χ3n) is 6.17. The highest BCUT2D eigenvalue weighted by molar-refractivity contribution is 6.30. The molecule has 0 radical (unpaired) electrons. The number of ether oxygens (including phenoxy) is 1. The van der Waals surface area contributed by atoms with Crippen molar-refractivity contribution in [1.82, 2.24) is 21.3 Å². The van der Waals surface area contributed by atoms with Crippen LogP contribution >= 0.6 is 11.6 Å². The molecule has 8 nitrogen and oxygen atoms in total. The lowest BCUT2D eigenvalue weighted by atomic mass is 9.44. The van der Waals surface area contributed by atoms with E-state index in [2.05, 4.69) is 21.3 Å². The molecule has 3 aliphatic carbocycles. The molecular weight excluding hydrogens is 427 g/mol. The van der Waals surface area contributed by atoms with Gasteiger partial charge < -0.3 is 20.7 Å². The SMILES string of the molecule is CC(=O)NC1CCCC(C(=O)NC23CC(NC(=O)COc4ccc(Cl)c(F)c4)(C2)C3)N1. The molecule has 4 fully saturated rings. The van der Waals surface area contributed by atoms with Gasteiger partial charge in [0.25, 0.3) is 5.91 Å². The van der Waals surface area contributed by atoms with E-state index >= 15 is 0 Å². The number of carbonyl (C=O) groups excluding carboxylic acids is 3. The largest absolute Gasteiger partial charge is 0.484 e. The monoisotopic (exact) mass is 452 g/mol. The Hall–Kier alpha value is -2.39. The Balaban J connectivity index is 1.19. The van der Waals surface area contributed by atoms with Gasteiger partial charge in [-0.1, -0.05) is 11.6 Å². The molecule has 1 saturated heterocycles. The van der Waals surface area contributed by atoms with Crippen molar-refractivity contribution in [2.45, 2.75) is 68.7 Å². The predicted molar refractivity (Wildman–Crippen MR) is 111 cm³/mol. The van der Waals surface area contributed by atoms with Crippen LogP contribution < -0.4 is 26.0 Å². The van der Waals surface area contributed by atoms with Crippen LogP contribution in [0.15, 0.2) is 18.2 Å². The smallest absolute Gasteiger partial charge is 0.258 e. The molecule has 3 saturated carbocycles. The summed E-state index contributed by atoms with van der Waals surface area (Å²) in [6.07, 6.45) is 4.23. The van der Waals surface area contributed by atoms with Gasteiger partial charge in [0.15, 0.2) is 6.61 Å². The molecule has 2 unspecified atom stereocenters. The molecule has 1 aromatic carbocycles. The van der Waals surface area contributed by atoms with Crippen LogP contribution in [0.3, 0.4) is 0 Å². The van der Waals surface area contributed by atoms with Crippen LogP contribution in [0.5, 0.6) is 5.75 Å². The van der Waals surface area contributed by atoms with Gasteiger partial charge >= 0.3 is 0 Å². The van der Waals surface area contributed by atoms with E-state index in [1.807, 2.05) is 0 Å². The number of hydrogen-bond donors (Lipinski definition) is 4. The van der Waals surface area contributed by atoms with Gasteiger partial charge in [0.2, 0.25) is 11.8 Å². The van der Waals surface area contributed by atoms with Crippen molar-refractivity contribution >= 4 is 29.3 Å². The van der Waals surface area contributed by atoms with Crippen LogP contribution in [-0.4, -0.2) is 47.6 Å². The lowest BCUT2D eigenvalue weighted by molar-refractivity contribution is -0.152. The Bertz CT molecular complexity index is 892. The molecule has 31 heavy (non-hydrogen) atoms. The summed E-state index contributed by atoms with van der Waals surface area (Å²) in [5, 5.41) is 12.1. The van der Waals surface area contributed by atoms with Gasteiger partial charge in [0.1, 0.15) is 11.6 Å². The van der Waals surface area contributed by atoms with Crippen LogP contribution in [0.4, 0.5) is 4.39 Å². The van der Waals surface area contributed by atoms with Crippen molar-refractivity contribution in [1.29, 1.82) is 0 Å². The van der Waals surface area contributed by atoms with Crippen molar-refractivity contribution < 1.29 is 23.5 Å². The number of rotatable bonds is 7. The van der Waals surface area contributed by atoms with E-state index in [1.165, 1.54) is 19.1 Å². The zero-order valence-corrected chi connectivity index (χ0v) is 18.0. The second-order valence-electron chi connectivity index (χ2n) is 8.90. The lowest BCUT2D eigenvalue weighted by Gasteiger charge is -2.70. The highest BCUT2D eigenvalue weighted by atomic mass is 35.5. The third kappa shape index (κ3) is 4.77. The Kier molecular flexibility index (Phi) is 5.83. The van der Waals surface area contributed by atoms with E-state index in [4.69, 9.17) is 16.3 Å². The molecule has 10 heteroatoms. The first-order valence-electron chi connectivity index (χ1n) is 10.4. The number of benzene rings is 1. The second kappa shape index (κ2) is 8.27. The Morgan fingerprint density at radius 2 is 1.90 bits per heavy atom. The molecule has 4 aliphatic rings. The quantitative estimate of drug-likeness (QED) is 0.499. The number of halogens is 2. The van der Waals surface area contributed by atoms with Gasteiger partial charge in [-0.05, 0) is 50.7 Å². The van der Waals surface area contributed by atoms with Crippen LogP contribution in [0, 0.1) is 5.82 Å². The summed E-state index contributed by atoms with van der Waals surface area (Å²) in [7, 11) is 0. The number of piperidine rings is 1. The van der Waals surface area contributed by atoms with Gasteiger partial charge in [-0.2, -0.15) is 0 Å². The summed E-state index contributed by atoms with van der Waals surface area (Å²) >= 11 is 5.63. The van der Waals surface area contributed by atoms with Crippen LogP contribution in [0.1, 0.15) is 45.4 Å². The number of carbonyl (C=O) groups is 3. The third-order valence-corrected chi connectivity index (χ3v) is 6.47. The van der Waals surface area contributed by atoms with Crippen molar-refractivity contribution in [2.24, 2.45) is 0 Å². The van der Waals surface area contributed by atoms with Gasteiger partial charge in [-0.25, -0.2) is 4.39 Å². The summed E-state index contributed by atoms with van der Waals surface area (Å²) in [6.45, 7) is 1.23. The summed E-state index contributed by atoms with van der Waals surface area (Å²) in [5.74, 6) is -0.853. The predicted octanol–water partition coefficient (Wildman–Crippen LogP) is 1.37. The fraction of sp³-hybridized carbons (Fsp3) is 0.571. The summed E-state index contributed by atoms with van der Waals surface area (Å²) in [6, 6.07) is 3.67. The summed E-state index contributed by atoms with van der Waals surface area (Å²) in [4.78, 5) is 36.1. The average molecular weight is 453 g/mol. The average Bonchev–Trinajstić information content (AvgIpc) is 2.66. The van der Waals surface area contributed by atoms with E-state index in [0.29, 0.717) is 19.3 Å². The molecule has 0 spiro atoms.